The predicted molar refractivity (Wildman–Crippen MR) is 114 cm³/mol. The fourth-order valence-corrected chi connectivity index (χ4v) is 3.41. The lowest BCUT2D eigenvalue weighted by atomic mass is 10.0. The van der Waals surface area contributed by atoms with E-state index in [2.05, 4.69) is 26.6 Å². The van der Waals surface area contributed by atoms with Gasteiger partial charge in [-0.05, 0) is 53.3 Å². The second-order valence-corrected chi connectivity index (χ2v) is 7.22. The maximum atomic E-state index is 12.6. The Bertz CT molecular complexity index is 1090. The largest absolute Gasteiger partial charge is 0.478 e. The van der Waals surface area contributed by atoms with Crippen LogP contribution in [-0.4, -0.2) is 22.1 Å². The quantitative estimate of drug-likeness (QED) is 0.472. The van der Waals surface area contributed by atoms with Gasteiger partial charge in [-0.1, -0.05) is 51.8 Å². The van der Waals surface area contributed by atoms with Crippen molar-refractivity contribution in [3.05, 3.63) is 75.2 Å². The Labute approximate surface area is 173 Å². The molecule has 0 aliphatic carbocycles. The van der Waals surface area contributed by atoms with Crippen molar-refractivity contribution in [1.82, 2.24) is 5.32 Å². The Hall–Kier alpha value is -2.48. The number of halogens is 2. The summed E-state index contributed by atoms with van der Waals surface area (Å²) in [5.41, 5.74) is 0.806. The van der Waals surface area contributed by atoms with Crippen LogP contribution in [-0.2, 0) is 0 Å². The number of aromatic carboxylic acids is 1. The van der Waals surface area contributed by atoms with Gasteiger partial charge in [-0.15, -0.1) is 0 Å². The second kappa shape index (κ2) is 8.04. The predicted octanol–water partition coefficient (Wildman–Crippen LogP) is 5.08. The van der Waals surface area contributed by atoms with Crippen molar-refractivity contribution in [2.75, 3.05) is 5.32 Å². The van der Waals surface area contributed by atoms with Gasteiger partial charge < -0.3 is 10.4 Å². The number of amides is 1. The van der Waals surface area contributed by atoms with Crippen molar-refractivity contribution in [1.29, 1.82) is 0 Å². The van der Waals surface area contributed by atoms with Crippen LogP contribution in [0, 0.1) is 0 Å². The number of carbonyl (C=O) groups is 2. The molecule has 3 aromatic rings. The van der Waals surface area contributed by atoms with Crippen molar-refractivity contribution in [2.24, 2.45) is 0 Å². The number of carboxylic acid groups (broad SMARTS) is 1. The van der Waals surface area contributed by atoms with E-state index in [9.17, 15) is 9.59 Å². The Kier molecular flexibility index (Phi) is 5.74. The topological polar surface area (TPSA) is 78.4 Å². The monoisotopic (exact) mass is 462 g/mol. The van der Waals surface area contributed by atoms with E-state index in [1.165, 1.54) is 18.2 Å². The maximum absolute atomic E-state index is 12.6. The molecular weight excluding hydrogens is 452 g/mol. The van der Waals surface area contributed by atoms with Crippen LogP contribution in [0.1, 0.15) is 20.7 Å². The number of hydrogen-bond acceptors (Lipinski definition) is 3. The fraction of sp³-hybridized carbons (Fsp3) is 0. The summed E-state index contributed by atoms with van der Waals surface area (Å²) in [4.78, 5) is 23.7. The van der Waals surface area contributed by atoms with Crippen LogP contribution in [0.25, 0.3) is 10.8 Å². The molecular formula is C19H12BrClN2O3S. The van der Waals surface area contributed by atoms with Gasteiger partial charge in [0.15, 0.2) is 5.11 Å². The van der Waals surface area contributed by atoms with E-state index < -0.39 is 5.97 Å². The van der Waals surface area contributed by atoms with E-state index in [1.807, 2.05) is 24.3 Å². The molecule has 0 aliphatic heterocycles. The summed E-state index contributed by atoms with van der Waals surface area (Å²) in [6.07, 6.45) is 0. The zero-order valence-corrected chi connectivity index (χ0v) is 16.8. The van der Waals surface area contributed by atoms with Crippen molar-refractivity contribution in [3.8, 4) is 0 Å². The molecule has 0 bridgehead atoms. The molecule has 3 aromatic carbocycles. The van der Waals surface area contributed by atoms with Gasteiger partial charge >= 0.3 is 5.97 Å². The summed E-state index contributed by atoms with van der Waals surface area (Å²) in [5, 5.41) is 16.4. The molecule has 0 heterocycles. The average molecular weight is 464 g/mol. The average Bonchev–Trinajstić information content (AvgIpc) is 2.63. The molecule has 0 saturated carbocycles. The molecule has 0 saturated heterocycles. The minimum atomic E-state index is -1.09. The summed E-state index contributed by atoms with van der Waals surface area (Å²) in [6, 6.07) is 15.1. The molecule has 0 aromatic heterocycles. The highest BCUT2D eigenvalue weighted by molar-refractivity contribution is 9.10. The van der Waals surface area contributed by atoms with E-state index in [0.717, 1.165) is 15.2 Å². The molecule has 0 unspecified atom stereocenters. The molecule has 3 rings (SSSR count). The van der Waals surface area contributed by atoms with E-state index in [4.69, 9.17) is 28.9 Å². The van der Waals surface area contributed by atoms with Crippen molar-refractivity contribution in [2.45, 2.75) is 0 Å². The first kappa shape index (κ1) is 19.3. The Balaban J connectivity index is 1.81. The molecule has 0 radical (unpaired) electrons. The molecule has 0 spiro atoms. The highest BCUT2D eigenvalue weighted by Gasteiger charge is 2.14. The standard InChI is InChI=1S/C19H12BrClN2O3S/c20-14-6-2-3-11-12(14)4-1-5-13(11)17(24)23-19(27)22-16-9-10(18(25)26)7-8-15(16)21/h1-9H,(H,25,26)(H2,22,23,24,27). The minimum Gasteiger partial charge on any atom is -0.478 e. The number of carboxylic acids is 1. The van der Waals surface area contributed by atoms with E-state index in [1.54, 1.807) is 12.1 Å². The van der Waals surface area contributed by atoms with E-state index >= 15 is 0 Å². The lowest BCUT2D eigenvalue weighted by molar-refractivity contribution is 0.0696. The van der Waals surface area contributed by atoms with Crippen LogP contribution in [0.2, 0.25) is 5.02 Å². The number of thiocarbonyl (C=S) groups is 1. The summed E-state index contributed by atoms with van der Waals surface area (Å²) >= 11 is 14.7. The molecule has 0 aliphatic rings. The minimum absolute atomic E-state index is 0.0106. The first-order chi connectivity index (χ1) is 12.9. The number of hydrogen-bond donors (Lipinski definition) is 3. The van der Waals surface area contributed by atoms with Crippen LogP contribution in [0.15, 0.2) is 59.1 Å². The number of fused-ring (bicyclic) bond motifs is 1. The number of benzene rings is 3. The van der Waals surface area contributed by atoms with Crippen molar-refractivity contribution in [3.63, 3.8) is 0 Å². The van der Waals surface area contributed by atoms with Crippen molar-refractivity contribution >= 4 is 73.2 Å². The SMILES string of the molecule is O=C(O)c1ccc(Cl)c(NC(=S)NC(=O)c2cccc3c(Br)cccc23)c1. The Morgan fingerprint density at radius 1 is 1.04 bits per heavy atom. The highest BCUT2D eigenvalue weighted by atomic mass is 79.9. The van der Waals surface area contributed by atoms with E-state index in [0.29, 0.717) is 11.3 Å². The molecule has 136 valence electrons. The third-order valence-corrected chi connectivity index (χ3v) is 5.03. The van der Waals surface area contributed by atoms with Crippen LogP contribution in [0.3, 0.4) is 0 Å². The fourth-order valence-electron chi connectivity index (χ4n) is 2.55. The van der Waals surface area contributed by atoms with Crippen LogP contribution >= 0.6 is 39.7 Å². The van der Waals surface area contributed by atoms with Gasteiger partial charge in [-0.2, -0.15) is 0 Å². The van der Waals surface area contributed by atoms with Crippen molar-refractivity contribution < 1.29 is 14.7 Å². The van der Waals surface area contributed by atoms with Gasteiger partial charge in [0, 0.05) is 10.0 Å². The summed E-state index contributed by atoms with van der Waals surface area (Å²) in [5.74, 6) is -1.48. The first-order valence-corrected chi connectivity index (χ1v) is 9.27. The van der Waals surface area contributed by atoms with Crippen LogP contribution < -0.4 is 10.6 Å². The summed E-state index contributed by atoms with van der Waals surface area (Å²) < 4.78 is 0.882. The third kappa shape index (κ3) is 4.27. The van der Waals surface area contributed by atoms with E-state index in [-0.39, 0.29) is 21.6 Å². The molecule has 27 heavy (non-hydrogen) atoms. The Morgan fingerprint density at radius 2 is 1.74 bits per heavy atom. The number of rotatable bonds is 3. The molecule has 0 atom stereocenters. The molecule has 3 N–H and O–H groups in total. The smallest absolute Gasteiger partial charge is 0.335 e. The zero-order valence-electron chi connectivity index (χ0n) is 13.6. The van der Waals surface area contributed by atoms with Crippen LogP contribution in [0.5, 0.6) is 0 Å². The summed E-state index contributed by atoms with van der Waals surface area (Å²) in [7, 11) is 0. The first-order valence-electron chi connectivity index (χ1n) is 7.69. The lowest BCUT2D eigenvalue weighted by Crippen LogP contribution is -2.34. The second-order valence-electron chi connectivity index (χ2n) is 5.55. The van der Waals surface area contributed by atoms with Gasteiger partial charge in [0.25, 0.3) is 5.91 Å². The molecule has 5 nitrogen and oxygen atoms in total. The Morgan fingerprint density at radius 3 is 2.48 bits per heavy atom. The van der Waals surface area contributed by atoms with Gasteiger partial charge in [0.1, 0.15) is 0 Å². The van der Waals surface area contributed by atoms with Gasteiger partial charge in [-0.25, -0.2) is 4.79 Å². The highest BCUT2D eigenvalue weighted by Crippen LogP contribution is 2.26. The molecule has 8 heteroatoms. The normalized spacial score (nSPS) is 10.4. The number of nitrogens with one attached hydrogen (secondary N) is 2. The molecule has 0 fully saturated rings. The van der Waals surface area contributed by atoms with Gasteiger partial charge in [0.05, 0.1) is 16.3 Å². The third-order valence-electron chi connectivity index (χ3n) is 3.80. The number of carbonyl (C=O) groups excluding carboxylic acids is 1. The van der Waals surface area contributed by atoms with Crippen LogP contribution in [0.4, 0.5) is 5.69 Å². The molecule has 1 amide bonds. The lowest BCUT2D eigenvalue weighted by Gasteiger charge is -2.13. The van der Waals surface area contributed by atoms with Gasteiger partial charge in [-0.3, -0.25) is 10.1 Å². The maximum Gasteiger partial charge on any atom is 0.335 e. The van der Waals surface area contributed by atoms with Gasteiger partial charge in [0.2, 0.25) is 0 Å². The zero-order chi connectivity index (χ0) is 19.6. The number of anilines is 1. The summed E-state index contributed by atoms with van der Waals surface area (Å²) in [6.45, 7) is 0.